The molecule has 0 saturated carbocycles. The second kappa shape index (κ2) is 6.98. The van der Waals surface area contributed by atoms with E-state index in [9.17, 15) is 8.42 Å². The van der Waals surface area contributed by atoms with Gasteiger partial charge in [0, 0.05) is 11.8 Å². The van der Waals surface area contributed by atoms with Crippen molar-refractivity contribution >= 4 is 15.7 Å². The summed E-state index contributed by atoms with van der Waals surface area (Å²) in [7, 11) is -3.73. The van der Waals surface area contributed by atoms with Crippen molar-refractivity contribution in [1.82, 2.24) is 4.98 Å². The van der Waals surface area contributed by atoms with Crippen molar-refractivity contribution in [2.75, 3.05) is 17.5 Å². The summed E-state index contributed by atoms with van der Waals surface area (Å²) in [5, 5.41) is 8.98. The Morgan fingerprint density at radius 3 is 2.46 bits per heavy atom. The number of rotatable bonds is 3. The Morgan fingerprint density at radius 1 is 1.07 bits per heavy atom. The maximum Gasteiger partial charge on any atom is 0.264 e. The van der Waals surface area contributed by atoms with Gasteiger partial charge < -0.3 is 4.74 Å². The van der Waals surface area contributed by atoms with Gasteiger partial charge in [-0.3, -0.25) is 9.29 Å². The molecule has 1 aliphatic rings. The summed E-state index contributed by atoms with van der Waals surface area (Å²) in [6.07, 6.45) is 3.15. The Morgan fingerprint density at radius 2 is 1.79 bits per heavy atom. The first-order valence-electron chi connectivity index (χ1n) is 8.71. The zero-order valence-electron chi connectivity index (χ0n) is 15.2. The van der Waals surface area contributed by atoms with Crippen LogP contribution in [-0.2, 0) is 10.0 Å². The molecule has 0 N–H and O–H groups in total. The molecule has 2 aromatic carbocycles. The lowest BCUT2D eigenvalue weighted by atomic mass is 10.0. The minimum absolute atomic E-state index is 0.210. The number of fused-ring (bicyclic) bond motifs is 1. The van der Waals surface area contributed by atoms with Crippen LogP contribution in [0.25, 0.3) is 11.1 Å². The quantitative estimate of drug-likeness (QED) is 0.682. The summed E-state index contributed by atoms with van der Waals surface area (Å²) in [6.45, 7) is 2.36. The van der Waals surface area contributed by atoms with Crippen molar-refractivity contribution in [3.8, 4) is 22.9 Å². The van der Waals surface area contributed by atoms with Crippen molar-refractivity contribution in [1.29, 1.82) is 5.26 Å². The van der Waals surface area contributed by atoms with Crippen molar-refractivity contribution in [2.24, 2.45) is 0 Å². The highest BCUT2D eigenvalue weighted by Crippen LogP contribution is 2.41. The van der Waals surface area contributed by atoms with Crippen LogP contribution in [0, 0.1) is 18.3 Å². The average molecular weight is 391 g/mol. The van der Waals surface area contributed by atoms with Gasteiger partial charge in [-0.25, -0.2) is 8.42 Å². The van der Waals surface area contributed by atoms with Gasteiger partial charge in [0.05, 0.1) is 29.3 Å². The van der Waals surface area contributed by atoms with Crippen molar-refractivity contribution < 1.29 is 13.2 Å². The Balaban J connectivity index is 1.80. The number of sulfonamides is 1. The summed E-state index contributed by atoms with van der Waals surface area (Å²) in [4.78, 5) is 4.47. The maximum absolute atomic E-state index is 13.2. The van der Waals surface area contributed by atoms with Gasteiger partial charge in [-0.2, -0.15) is 5.26 Å². The molecule has 0 amide bonds. The predicted molar refractivity (Wildman–Crippen MR) is 106 cm³/mol. The fourth-order valence-electron chi connectivity index (χ4n) is 3.14. The third-order valence-corrected chi connectivity index (χ3v) is 6.45. The molecule has 0 bridgehead atoms. The SMILES string of the molecule is Cc1ccc(S(=O)(=O)N2CCOc3c(-c4ccc(C#N)cc4)cncc32)cc1. The van der Waals surface area contributed by atoms with E-state index in [0.29, 0.717) is 22.6 Å². The standard InChI is InChI=1S/C21H17N3O3S/c1-15-2-8-18(9-3-15)28(25,26)24-10-11-27-21-19(13-23-14-20(21)24)17-6-4-16(12-22)5-7-17/h2-9,13-14H,10-11H2,1H3. The molecule has 7 heteroatoms. The van der Waals surface area contributed by atoms with Gasteiger partial charge in [0.25, 0.3) is 10.0 Å². The Hall–Kier alpha value is -3.37. The summed E-state index contributed by atoms with van der Waals surface area (Å²) < 4.78 is 33.6. The van der Waals surface area contributed by atoms with E-state index in [0.717, 1.165) is 11.1 Å². The van der Waals surface area contributed by atoms with Crippen LogP contribution in [0.5, 0.6) is 5.75 Å². The Bertz CT molecular complexity index is 1170. The highest BCUT2D eigenvalue weighted by Gasteiger charge is 2.32. The molecule has 3 aromatic rings. The lowest BCUT2D eigenvalue weighted by Gasteiger charge is -2.31. The fourth-order valence-corrected chi connectivity index (χ4v) is 4.57. The van der Waals surface area contributed by atoms with E-state index < -0.39 is 10.0 Å². The Kier molecular flexibility index (Phi) is 4.49. The van der Waals surface area contributed by atoms with Gasteiger partial charge in [-0.1, -0.05) is 29.8 Å². The lowest BCUT2D eigenvalue weighted by molar-refractivity contribution is 0.316. The molecule has 0 spiro atoms. The molecule has 0 unspecified atom stereocenters. The van der Waals surface area contributed by atoms with E-state index in [1.807, 2.05) is 6.92 Å². The van der Waals surface area contributed by atoms with Crippen LogP contribution < -0.4 is 9.04 Å². The summed E-state index contributed by atoms with van der Waals surface area (Å²) in [6, 6.07) is 15.9. The second-order valence-electron chi connectivity index (χ2n) is 6.46. The topological polar surface area (TPSA) is 83.3 Å². The molecular weight excluding hydrogens is 374 g/mol. The monoisotopic (exact) mass is 391 g/mol. The number of nitriles is 1. The van der Waals surface area contributed by atoms with Gasteiger partial charge in [0.1, 0.15) is 12.3 Å². The summed E-state index contributed by atoms with van der Waals surface area (Å²) in [5.41, 5.74) is 3.44. The predicted octanol–water partition coefficient (Wildman–Crippen LogP) is 3.52. The number of aromatic nitrogens is 1. The molecule has 1 aliphatic heterocycles. The molecule has 2 heterocycles. The highest BCUT2D eigenvalue weighted by atomic mass is 32.2. The van der Waals surface area contributed by atoms with Crippen molar-refractivity contribution in [3.63, 3.8) is 0 Å². The number of hydrogen-bond donors (Lipinski definition) is 0. The largest absolute Gasteiger partial charge is 0.489 e. The summed E-state index contributed by atoms with van der Waals surface area (Å²) >= 11 is 0. The van der Waals surface area contributed by atoms with E-state index in [4.69, 9.17) is 10.00 Å². The van der Waals surface area contributed by atoms with E-state index in [1.54, 1.807) is 54.7 Å². The molecular formula is C21H17N3O3S. The first-order valence-corrected chi connectivity index (χ1v) is 10.2. The molecule has 0 fully saturated rings. The van der Waals surface area contributed by atoms with Gasteiger partial charge >= 0.3 is 0 Å². The summed E-state index contributed by atoms with van der Waals surface area (Å²) in [5.74, 6) is 0.474. The van der Waals surface area contributed by atoms with Crippen LogP contribution >= 0.6 is 0 Å². The van der Waals surface area contributed by atoms with Gasteiger partial charge in [-0.05, 0) is 36.8 Å². The zero-order valence-corrected chi connectivity index (χ0v) is 16.0. The van der Waals surface area contributed by atoms with Crippen LogP contribution in [0.2, 0.25) is 0 Å². The number of benzene rings is 2. The minimum atomic E-state index is -3.73. The van der Waals surface area contributed by atoms with Crippen LogP contribution in [0.3, 0.4) is 0 Å². The number of anilines is 1. The molecule has 0 radical (unpaired) electrons. The van der Waals surface area contributed by atoms with Gasteiger partial charge in [-0.15, -0.1) is 0 Å². The molecule has 28 heavy (non-hydrogen) atoms. The van der Waals surface area contributed by atoms with E-state index in [1.165, 1.54) is 10.5 Å². The molecule has 6 nitrogen and oxygen atoms in total. The lowest BCUT2D eigenvalue weighted by Crippen LogP contribution is -2.38. The maximum atomic E-state index is 13.2. The first kappa shape index (κ1) is 18.0. The Labute approximate surface area is 163 Å². The number of aryl methyl sites for hydroxylation is 1. The van der Waals surface area contributed by atoms with Crippen LogP contribution in [0.1, 0.15) is 11.1 Å². The van der Waals surface area contributed by atoms with Gasteiger partial charge in [0.15, 0.2) is 5.75 Å². The first-order chi connectivity index (χ1) is 13.5. The second-order valence-corrected chi connectivity index (χ2v) is 8.33. The molecule has 4 rings (SSSR count). The van der Waals surface area contributed by atoms with Crippen molar-refractivity contribution in [2.45, 2.75) is 11.8 Å². The smallest absolute Gasteiger partial charge is 0.264 e. The van der Waals surface area contributed by atoms with Crippen molar-refractivity contribution in [3.05, 3.63) is 72.1 Å². The van der Waals surface area contributed by atoms with Crippen LogP contribution in [-0.4, -0.2) is 26.6 Å². The van der Waals surface area contributed by atoms with E-state index >= 15 is 0 Å². The number of pyridine rings is 1. The van der Waals surface area contributed by atoms with E-state index in [-0.39, 0.29) is 18.0 Å². The minimum Gasteiger partial charge on any atom is -0.489 e. The molecule has 1 aromatic heterocycles. The molecule has 0 saturated heterocycles. The number of nitrogens with zero attached hydrogens (tertiary/aromatic N) is 3. The number of hydrogen-bond acceptors (Lipinski definition) is 5. The normalized spacial score (nSPS) is 13.4. The fraction of sp³-hybridized carbons (Fsp3) is 0.143. The van der Waals surface area contributed by atoms with Gasteiger partial charge in [0.2, 0.25) is 0 Å². The van der Waals surface area contributed by atoms with E-state index in [2.05, 4.69) is 11.1 Å². The van der Waals surface area contributed by atoms with Crippen LogP contribution in [0.15, 0.2) is 65.8 Å². The number of ether oxygens (including phenoxy) is 1. The molecule has 140 valence electrons. The highest BCUT2D eigenvalue weighted by molar-refractivity contribution is 7.92. The van der Waals surface area contributed by atoms with Crippen LogP contribution in [0.4, 0.5) is 5.69 Å². The third kappa shape index (κ3) is 3.08. The molecule has 0 aliphatic carbocycles. The third-order valence-electron chi connectivity index (χ3n) is 4.62. The molecule has 0 atom stereocenters. The average Bonchev–Trinajstić information content (AvgIpc) is 2.73. The zero-order chi connectivity index (χ0) is 19.7.